The number of hydrogen-bond donors (Lipinski definition) is 3. The van der Waals surface area contributed by atoms with Crippen molar-refractivity contribution in [2.75, 3.05) is 44.6 Å². The molecule has 1 aliphatic heterocycles. The number of carbonyl (C=O) groups excluding carboxylic acids is 2. The first-order valence-corrected chi connectivity index (χ1v) is 11.4. The van der Waals surface area contributed by atoms with E-state index in [-0.39, 0.29) is 11.9 Å². The minimum absolute atomic E-state index is 0.0384. The maximum atomic E-state index is 12.6. The molecule has 6 nitrogen and oxygen atoms in total. The van der Waals surface area contributed by atoms with Gasteiger partial charge in [0.2, 0.25) is 0 Å². The number of anilines is 1. The van der Waals surface area contributed by atoms with Crippen LogP contribution in [0.15, 0.2) is 17.5 Å². The van der Waals surface area contributed by atoms with Crippen molar-refractivity contribution < 1.29 is 24.1 Å². The summed E-state index contributed by atoms with van der Waals surface area (Å²) in [6.45, 7) is 11.6. The molecule has 1 amide bonds. The monoisotopic (exact) mass is 423 g/mol. The molecule has 2 aromatic heterocycles. The molecular weight excluding hydrogens is 394 g/mol. The molecule has 0 atom stereocenters. The number of aryl methyl sites for hydroxylation is 1. The molecule has 0 bridgehead atoms. The Labute approximate surface area is 174 Å². The average molecular weight is 424 g/mol. The van der Waals surface area contributed by atoms with Crippen molar-refractivity contribution in [2.45, 2.75) is 27.3 Å². The molecule has 0 aromatic carbocycles. The third-order valence-corrected chi connectivity index (χ3v) is 7.20. The largest absolute Gasteiger partial charge is 0.462 e. The fourth-order valence-electron chi connectivity index (χ4n) is 3.53. The number of piperazine rings is 1. The molecule has 152 valence electrons. The van der Waals surface area contributed by atoms with Gasteiger partial charge in [0.05, 0.1) is 17.0 Å². The average Bonchev–Trinajstić information content (AvgIpc) is 3.25. The molecule has 1 saturated heterocycles. The summed E-state index contributed by atoms with van der Waals surface area (Å²) in [7, 11) is 0. The molecule has 3 N–H and O–H groups in total. The molecule has 0 spiro atoms. The van der Waals surface area contributed by atoms with Gasteiger partial charge in [0.15, 0.2) is 6.54 Å². The van der Waals surface area contributed by atoms with Gasteiger partial charge in [0.25, 0.3) is 5.91 Å². The van der Waals surface area contributed by atoms with Crippen molar-refractivity contribution >= 4 is 39.6 Å². The maximum absolute atomic E-state index is 12.6. The van der Waals surface area contributed by atoms with Crippen molar-refractivity contribution in [3.63, 3.8) is 0 Å². The molecule has 3 rings (SSSR count). The molecule has 0 unspecified atom stereocenters. The van der Waals surface area contributed by atoms with Crippen LogP contribution in [0.25, 0.3) is 0 Å². The summed E-state index contributed by atoms with van der Waals surface area (Å²) in [5.74, 6) is -0.402. The highest BCUT2D eigenvalue weighted by Gasteiger charge is 2.27. The lowest BCUT2D eigenvalue weighted by Crippen LogP contribution is -3.28. The fraction of sp³-hybridized carbons (Fsp3) is 0.500. The highest BCUT2D eigenvalue weighted by molar-refractivity contribution is 7.16. The van der Waals surface area contributed by atoms with Crippen LogP contribution in [-0.4, -0.2) is 51.2 Å². The Morgan fingerprint density at radius 1 is 1.18 bits per heavy atom. The topological polar surface area (TPSA) is 64.3 Å². The van der Waals surface area contributed by atoms with E-state index in [1.165, 1.54) is 21.1 Å². The smallest absolute Gasteiger partial charge is 0.341 e. The number of thiophene rings is 2. The molecule has 0 aliphatic carbocycles. The van der Waals surface area contributed by atoms with Crippen LogP contribution in [0.1, 0.15) is 32.6 Å². The fourth-order valence-corrected chi connectivity index (χ4v) is 5.37. The van der Waals surface area contributed by atoms with Gasteiger partial charge in [-0.25, -0.2) is 4.79 Å². The number of esters is 1. The SMILES string of the molecule is CCOC(=O)c1c(NC(=O)C[NH+]2CC[NH+](Cc3cccs3)CC2)sc(C)c1C. The van der Waals surface area contributed by atoms with E-state index in [2.05, 4.69) is 22.8 Å². The van der Waals surface area contributed by atoms with Gasteiger partial charge >= 0.3 is 5.97 Å². The molecular formula is C20H29N3O3S2+2. The molecule has 0 saturated carbocycles. The Morgan fingerprint density at radius 3 is 2.54 bits per heavy atom. The van der Waals surface area contributed by atoms with E-state index in [9.17, 15) is 9.59 Å². The van der Waals surface area contributed by atoms with Crippen LogP contribution in [0, 0.1) is 13.8 Å². The van der Waals surface area contributed by atoms with Gasteiger partial charge in [-0.15, -0.1) is 22.7 Å². The highest BCUT2D eigenvalue weighted by atomic mass is 32.1. The van der Waals surface area contributed by atoms with Crippen LogP contribution in [0.4, 0.5) is 5.00 Å². The zero-order valence-corrected chi connectivity index (χ0v) is 18.4. The van der Waals surface area contributed by atoms with Gasteiger partial charge < -0.3 is 19.9 Å². The standard InChI is InChI=1S/C20H27N3O3S2/c1-4-26-20(25)18-14(2)15(3)28-19(18)21-17(24)13-23-9-7-22(8-10-23)12-16-6-5-11-27-16/h5-6,11H,4,7-10,12-13H2,1-3H3,(H,21,24)/p+2. The number of rotatable bonds is 7. The van der Waals surface area contributed by atoms with Gasteiger partial charge in [-0.3, -0.25) is 4.79 Å². The lowest BCUT2D eigenvalue weighted by atomic mass is 10.1. The Bertz CT molecular complexity index is 809. The van der Waals surface area contributed by atoms with Crippen molar-refractivity contribution in [1.29, 1.82) is 0 Å². The van der Waals surface area contributed by atoms with E-state index in [1.54, 1.807) is 11.8 Å². The predicted octanol–water partition coefficient (Wildman–Crippen LogP) is 0.525. The number of hydrogen-bond acceptors (Lipinski definition) is 5. The molecule has 1 aliphatic rings. The van der Waals surface area contributed by atoms with Crippen molar-refractivity contribution in [2.24, 2.45) is 0 Å². The number of ether oxygens (including phenoxy) is 1. The summed E-state index contributed by atoms with van der Waals surface area (Å²) >= 11 is 3.25. The molecule has 8 heteroatoms. The van der Waals surface area contributed by atoms with E-state index >= 15 is 0 Å². The van der Waals surface area contributed by atoms with Crippen LogP contribution in [-0.2, 0) is 16.1 Å². The second kappa shape index (κ2) is 9.65. The van der Waals surface area contributed by atoms with Crippen LogP contribution < -0.4 is 15.1 Å². The van der Waals surface area contributed by atoms with Gasteiger partial charge in [0.1, 0.15) is 37.7 Å². The second-order valence-corrected chi connectivity index (χ2v) is 9.45. The van der Waals surface area contributed by atoms with Gasteiger partial charge in [-0.2, -0.15) is 0 Å². The molecule has 28 heavy (non-hydrogen) atoms. The Balaban J connectivity index is 1.52. The van der Waals surface area contributed by atoms with Crippen LogP contribution in [0.5, 0.6) is 0 Å². The van der Waals surface area contributed by atoms with Crippen LogP contribution >= 0.6 is 22.7 Å². The van der Waals surface area contributed by atoms with E-state index in [1.807, 2.05) is 25.2 Å². The van der Waals surface area contributed by atoms with Gasteiger partial charge in [-0.1, -0.05) is 6.07 Å². The molecule has 2 aromatic rings. The normalized spacial score (nSPS) is 19.4. The zero-order valence-electron chi connectivity index (χ0n) is 16.7. The second-order valence-electron chi connectivity index (χ2n) is 7.19. The third kappa shape index (κ3) is 5.20. The van der Waals surface area contributed by atoms with Crippen molar-refractivity contribution in [3.05, 3.63) is 38.4 Å². The van der Waals surface area contributed by atoms with Crippen LogP contribution in [0.2, 0.25) is 0 Å². The van der Waals surface area contributed by atoms with Crippen molar-refractivity contribution in [1.82, 2.24) is 0 Å². The molecule has 1 fully saturated rings. The van der Waals surface area contributed by atoms with Gasteiger partial charge in [-0.05, 0) is 37.8 Å². The lowest BCUT2D eigenvalue weighted by molar-refractivity contribution is -1.01. The summed E-state index contributed by atoms with van der Waals surface area (Å²) in [6.07, 6.45) is 0. The van der Waals surface area contributed by atoms with E-state index < -0.39 is 0 Å². The first-order valence-electron chi connectivity index (χ1n) is 9.74. The molecule has 0 radical (unpaired) electrons. The summed E-state index contributed by atoms with van der Waals surface area (Å²) in [5.41, 5.74) is 1.38. The number of amides is 1. The molecule has 3 heterocycles. The summed E-state index contributed by atoms with van der Waals surface area (Å²) < 4.78 is 5.16. The quantitative estimate of drug-likeness (QED) is 0.569. The third-order valence-electron chi connectivity index (χ3n) is 5.20. The summed E-state index contributed by atoms with van der Waals surface area (Å²) in [5, 5.41) is 5.69. The lowest BCUT2D eigenvalue weighted by Gasteiger charge is -2.29. The minimum Gasteiger partial charge on any atom is -0.462 e. The number of quaternary nitrogens is 2. The Kier molecular flexibility index (Phi) is 7.23. The minimum atomic E-state index is -0.363. The highest BCUT2D eigenvalue weighted by Crippen LogP contribution is 2.32. The number of nitrogens with one attached hydrogen (secondary N) is 3. The number of carbonyl (C=O) groups is 2. The van der Waals surface area contributed by atoms with E-state index in [0.29, 0.717) is 23.7 Å². The van der Waals surface area contributed by atoms with E-state index in [0.717, 1.165) is 43.2 Å². The first kappa shape index (κ1) is 21.0. The first-order chi connectivity index (χ1) is 13.5. The Morgan fingerprint density at radius 2 is 1.89 bits per heavy atom. The summed E-state index contributed by atoms with van der Waals surface area (Å²) in [4.78, 5) is 30.2. The van der Waals surface area contributed by atoms with Crippen molar-refractivity contribution in [3.8, 4) is 0 Å². The van der Waals surface area contributed by atoms with Crippen LogP contribution in [0.3, 0.4) is 0 Å². The van der Waals surface area contributed by atoms with E-state index in [4.69, 9.17) is 4.74 Å². The Hall–Kier alpha value is -1.74. The predicted molar refractivity (Wildman–Crippen MR) is 113 cm³/mol. The van der Waals surface area contributed by atoms with Gasteiger partial charge in [0, 0.05) is 4.88 Å². The summed E-state index contributed by atoms with van der Waals surface area (Å²) in [6, 6.07) is 4.29. The maximum Gasteiger partial charge on any atom is 0.341 e. The zero-order chi connectivity index (χ0) is 20.1.